The van der Waals surface area contributed by atoms with Gasteiger partial charge in [0.25, 0.3) is 0 Å². The maximum atomic E-state index is 6.31. The Hall–Kier alpha value is -2.83. The second kappa shape index (κ2) is 7.78. The Balaban J connectivity index is 1.65. The lowest BCUT2D eigenvalue weighted by Gasteiger charge is -2.30. The lowest BCUT2D eigenvalue weighted by molar-refractivity contribution is 0.355. The van der Waals surface area contributed by atoms with E-state index in [1.54, 1.807) is 25.6 Å². The molecule has 0 saturated heterocycles. The van der Waals surface area contributed by atoms with Crippen molar-refractivity contribution < 1.29 is 9.47 Å². The van der Waals surface area contributed by atoms with E-state index in [0.29, 0.717) is 11.5 Å². The lowest BCUT2D eigenvalue weighted by atomic mass is 9.99. The van der Waals surface area contributed by atoms with Crippen molar-refractivity contribution in [3.63, 3.8) is 0 Å². The van der Waals surface area contributed by atoms with Crippen molar-refractivity contribution in [3.8, 4) is 22.6 Å². The minimum atomic E-state index is 0.275. The number of thiophene rings is 1. The van der Waals surface area contributed by atoms with Crippen LogP contribution in [0.15, 0.2) is 47.8 Å². The first-order chi connectivity index (χ1) is 14.7. The molecule has 0 radical (unpaired) electrons. The molecular formula is C23H20ClN3O2S. The third kappa shape index (κ3) is 3.26. The maximum absolute atomic E-state index is 6.31. The summed E-state index contributed by atoms with van der Waals surface area (Å²) in [5.74, 6) is 2.27. The molecule has 0 spiro atoms. The highest BCUT2D eigenvalue weighted by molar-refractivity contribution is 7.17. The Morgan fingerprint density at radius 2 is 1.80 bits per heavy atom. The number of nitrogens with zero attached hydrogens (tertiary/aromatic N) is 3. The summed E-state index contributed by atoms with van der Waals surface area (Å²) < 4.78 is 10.9. The minimum Gasteiger partial charge on any atom is -0.493 e. The topological polar surface area (TPSA) is 47.5 Å². The molecule has 0 amide bonds. The second-order valence-electron chi connectivity index (χ2n) is 7.16. The van der Waals surface area contributed by atoms with Gasteiger partial charge in [0.05, 0.1) is 19.6 Å². The highest BCUT2D eigenvalue weighted by Crippen LogP contribution is 2.42. The Labute approximate surface area is 183 Å². The van der Waals surface area contributed by atoms with E-state index in [1.165, 1.54) is 11.1 Å². The van der Waals surface area contributed by atoms with Crippen LogP contribution in [0.2, 0.25) is 5.28 Å². The van der Waals surface area contributed by atoms with Gasteiger partial charge in [0.15, 0.2) is 11.5 Å². The molecule has 7 heteroatoms. The molecule has 2 aromatic carbocycles. The first-order valence-electron chi connectivity index (χ1n) is 9.67. The molecule has 0 atom stereocenters. The smallest absolute Gasteiger partial charge is 0.225 e. The Bertz CT molecular complexity index is 1240. The highest BCUT2D eigenvalue weighted by atomic mass is 35.5. The molecule has 152 valence electrons. The normalized spacial score (nSPS) is 13.4. The van der Waals surface area contributed by atoms with Crippen LogP contribution in [0.1, 0.15) is 11.1 Å². The van der Waals surface area contributed by atoms with Gasteiger partial charge >= 0.3 is 0 Å². The van der Waals surface area contributed by atoms with Gasteiger partial charge in [-0.15, -0.1) is 11.3 Å². The largest absolute Gasteiger partial charge is 0.493 e. The van der Waals surface area contributed by atoms with Gasteiger partial charge in [-0.2, -0.15) is 4.98 Å². The summed E-state index contributed by atoms with van der Waals surface area (Å²) in [6.45, 7) is 1.69. The molecule has 2 aromatic heterocycles. The summed E-state index contributed by atoms with van der Waals surface area (Å²) in [6, 6.07) is 14.5. The number of ether oxygens (including phenoxy) is 2. The Kier molecular flexibility index (Phi) is 4.97. The van der Waals surface area contributed by atoms with Gasteiger partial charge in [-0.05, 0) is 46.8 Å². The van der Waals surface area contributed by atoms with Crippen molar-refractivity contribution in [1.29, 1.82) is 0 Å². The molecule has 0 saturated carbocycles. The number of anilines is 1. The fourth-order valence-electron chi connectivity index (χ4n) is 4.02. The highest BCUT2D eigenvalue weighted by Gasteiger charge is 2.23. The van der Waals surface area contributed by atoms with Gasteiger partial charge in [-0.3, -0.25) is 0 Å². The van der Waals surface area contributed by atoms with Gasteiger partial charge in [0.2, 0.25) is 5.28 Å². The van der Waals surface area contributed by atoms with E-state index >= 15 is 0 Å². The zero-order valence-corrected chi connectivity index (χ0v) is 18.3. The fourth-order valence-corrected chi connectivity index (χ4v) is 5.18. The molecule has 0 aliphatic carbocycles. The zero-order chi connectivity index (χ0) is 20.7. The van der Waals surface area contributed by atoms with Gasteiger partial charge in [0, 0.05) is 24.0 Å². The first-order valence-corrected chi connectivity index (χ1v) is 10.9. The summed E-state index contributed by atoms with van der Waals surface area (Å²) in [5, 5.41) is 3.41. The van der Waals surface area contributed by atoms with Crippen molar-refractivity contribution in [2.24, 2.45) is 0 Å². The maximum Gasteiger partial charge on any atom is 0.225 e. The van der Waals surface area contributed by atoms with Crippen LogP contribution in [0.3, 0.4) is 0 Å². The van der Waals surface area contributed by atoms with E-state index in [4.69, 9.17) is 21.1 Å². The van der Waals surface area contributed by atoms with E-state index in [-0.39, 0.29) is 5.28 Å². The standard InChI is InChI=1S/C23H20ClN3O2S/c1-28-18-8-7-15(11-19(18)29-2)17-13-30-22-20(17)21(25-23(24)26-22)27-10-9-14-5-3-4-6-16(14)12-27/h3-8,11,13H,9-10,12H2,1-2H3. The van der Waals surface area contributed by atoms with Crippen LogP contribution in [-0.2, 0) is 13.0 Å². The summed E-state index contributed by atoms with van der Waals surface area (Å²) in [6.07, 6.45) is 0.981. The van der Waals surface area contributed by atoms with Crippen LogP contribution < -0.4 is 14.4 Å². The molecule has 1 aliphatic rings. The van der Waals surface area contributed by atoms with Gasteiger partial charge in [-0.1, -0.05) is 30.3 Å². The average molecular weight is 438 g/mol. The SMILES string of the molecule is COc1ccc(-c2csc3nc(Cl)nc(N4CCc5ccccc5C4)c23)cc1OC. The Morgan fingerprint density at radius 1 is 1.00 bits per heavy atom. The van der Waals surface area contributed by atoms with Crippen molar-refractivity contribution >= 4 is 39.0 Å². The van der Waals surface area contributed by atoms with Crippen molar-refractivity contribution in [2.45, 2.75) is 13.0 Å². The van der Waals surface area contributed by atoms with Crippen LogP contribution >= 0.6 is 22.9 Å². The number of fused-ring (bicyclic) bond motifs is 2. The average Bonchev–Trinajstić information content (AvgIpc) is 3.21. The molecule has 0 fully saturated rings. The lowest BCUT2D eigenvalue weighted by Crippen LogP contribution is -2.31. The molecule has 4 aromatic rings. The van der Waals surface area contributed by atoms with Crippen LogP contribution in [0.5, 0.6) is 11.5 Å². The van der Waals surface area contributed by atoms with Crippen LogP contribution in [0.4, 0.5) is 5.82 Å². The molecular weight excluding hydrogens is 418 g/mol. The van der Waals surface area contributed by atoms with Crippen molar-refractivity contribution in [3.05, 3.63) is 64.3 Å². The van der Waals surface area contributed by atoms with Gasteiger partial charge in [0.1, 0.15) is 10.6 Å². The van der Waals surface area contributed by atoms with Crippen LogP contribution in [0.25, 0.3) is 21.3 Å². The fraction of sp³-hybridized carbons (Fsp3) is 0.217. The van der Waals surface area contributed by atoms with Crippen molar-refractivity contribution in [2.75, 3.05) is 25.7 Å². The molecule has 0 bridgehead atoms. The molecule has 0 unspecified atom stereocenters. The number of rotatable bonds is 4. The molecule has 1 aliphatic heterocycles. The molecule has 30 heavy (non-hydrogen) atoms. The van der Waals surface area contributed by atoms with E-state index in [2.05, 4.69) is 44.5 Å². The quantitative estimate of drug-likeness (QED) is 0.389. The van der Waals surface area contributed by atoms with E-state index in [0.717, 1.165) is 46.7 Å². The third-order valence-electron chi connectivity index (χ3n) is 5.51. The second-order valence-corrected chi connectivity index (χ2v) is 8.35. The molecule has 5 nitrogen and oxygen atoms in total. The first kappa shape index (κ1) is 19.2. The zero-order valence-electron chi connectivity index (χ0n) is 16.7. The molecule has 3 heterocycles. The predicted octanol–water partition coefficient (Wildman–Crippen LogP) is 5.59. The third-order valence-corrected chi connectivity index (χ3v) is 6.55. The van der Waals surface area contributed by atoms with E-state index < -0.39 is 0 Å². The number of halogens is 1. The van der Waals surface area contributed by atoms with E-state index in [9.17, 15) is 0 Å². The summed E-state index contributed by atoms with van der Waals surface area (Å²) >= 11 is 7.88. The Morgan fingerprint density at radius 3 is 2.60 bits per heavy atom. The molecule has 5 rings (SSSR count). The number of benzene rings is 2. The van der Waals surface area contributed by atoms with Gasteiger partial charge < -0.3 is 14.4 Å². The van der Waals surface area contributed by atoms with Crippen molar-refractivity contribution in [1.82, 2.24) is 9.97 Å². The van der Waals surface area contributed by atoms with Gasteiger partial charge in [-0.25, -0.2) is 4.98 Å². The summed E-state index contributed by atoms with van der Waals surface area (Å²) in [7, 11) is 3.28. The van der Waals surface area contributed by atoms with Crippen LogP contribution in [0, 0.1) is 0 Å². The number of aromatic nitrogens is 2. The monoisotopic (exact) mass is 437 g/mol. The summed E-state index contributed by atoms with van der Waals surface area (Å²) in [5.41, 5.74) is 4.83. The number of methoxy groups -OCH3 is 2. The number of hydrogen-bond donors (Lipinski definition) is 0. The van der Waals surface area contributed by atoms with E-state index in [1.807, 2.05) is 18.2 Å². The molecule has 0 N–H and O–H groups in total. The minimum absolute atomic E-state index is 0.275. The predicted molar refractivity (Wildman–Crippen MR) is 122 cm³/mol. The van der Waals surface area contributed by atoms with Crippen LogP contribution in [-0.4, -0.2) is 30.7 Å². The number of hydrogen-bond acceptors (Lipinski definition) is 6. The summed E-state index contributed by atoms with van der Waals surface area (Å²) in [4.78, 5) is 12.3.